The van der Waals surface area contributed by atoms with E-state index in [-0.39, 0.29) is 5.97 Å². The van der Waals surface area contributed by atoms with Crippen molar-refractivity contribution in [1.29, 1.82) is 0 Å². The SMILES string of the molecule is C=CC(C)/C(C)=C(\CCCCCCCC)CCCCCCCCC(=O)OC. The van der Waals surface area contributed by atoms with E-state index in [0.717, 1.165) is 12.8 Å². The van der Waals surface area contributed by atoms with Crippen LogP contribution in [0.25, 0.3) is 0 Å². The summed E-state index contributed by atoms with van der Waals surface area (Å²) in [7, 11) is 1.47. The average Bonchev–Trinajstić information content (AvgIpc) is 2.69. The molecule has 0 aromatic carbocycles. The van der Waals surface area contributed by atoms with Crippen LogP contribution in [0.5, 0.6) is 0 Å². The van der Waals surface area contributed by atoms with Crippen LogP contribution in [-0.4, -0.2) is 13.1 Å². The molecule has 0 aromatic heterocycles. The minimum Gasteiger partial charge on any atom is -0.469 e. The molecule has 158 valence electrons. The summed E-state index contributed by atoms with van der Waals surface area (Å²) >= 11 is 0. The Morgan fingerprint density at radius 1 is 0.852 bits per heavy atom. The standard InChI is InChI=1S/C25H46O2/c1-6-8-9-10-13-16-19-24(23(4)22(3)7-2)20-17-14-11-12-15-18-21-25(26)27-5/h7,22H,2,6,8-21H2,1,3-5H3/b24-23+. The summed E-state index contributed by atoms with van der Waals surface area (Å²) in [4.78, 5) is 11.1. The van der Waals surface area contributed by atoms with E-state index in [2.05, 4.69) is 38.2 Å². The molecule has 2 nitrogen and oxygen atoms in total. The van der Waals surface area contributed by atoms with Gasteiger partial charge in [0, 0.05) is 6.42 Å². The number of carbonyl (C=O) groups excluding carboxylic acids is 1. The lowest BCUT2D eigenvalue weighted by Crippen LogP contribution is -1.99. The molecule has 0 aliphatic carbocycles. The maximum absolute atomic E-state index is 11.1. The van der Waals surface area contributed by atoms with Gasteiger partial charge in [0.1, 0.15) is 0 Å². The maximum atomic E-state index is 11.1. The van der Waals surface area contributed by atoms with Crippen molar-refractivity contribution in [1.82, 2.24) is 0 Å². The Morgan fingerprint density at radius 2 is 1.30 bits per heavy atom. The van der Waals surface area contributed by atoms with Crippen LogP contribution in [0.1, 0.15) is 117 Å². The summed E-state index contributed by atoms with van der Waals surface area (Å²) in [6.45, 7) is 10.8. The second-order valence-electron chi connectivity index (χ2n) is 8.03. The second kappa shape index (κ2) is 18.3. The van der Waals surface area contributed by atoms with Gasteiger partial charge in [-0.1, -0.05) is 88.9 Å². The number of carbonyl (C=O) groups is 1. The van der Waals surface area contributed by atoms with Crippen LogP contribution in [0, 0.1) is 5.92 Å². The fourth-order valence-electron chi connectivity index (χ4n) is 3.55. The summed E-state index contributed by atoms with van der Waals surface area (Å²) in [5, 5.41) is 0. The molecular weight excluding hydrogens is 332 g/mol. The third kappa shape index (κ3) is 14.7. The van der Waals surface area contributed by atoms with Gasteiger partial charge in [0.2, 0.25) is 0 Å². The number of methoxy groups -OCH3 is 1. The van der Waals surface area contributed by atoms with Gasteiger partial charge in [-0.05, 0) is 44.9 Å². The number of unbranched alkanes of at least 4 members (excludes halogenated alkanes) is 10. The fraction of sp³-hybridized carbons (Fsp3) is 0.800. The largest absolute Gasteiger partial charge is 0.469 e. The van der Waals surface area contributed by atoms with Gasteiger partial charge in [0.15, 0.2) is 0 Å². The lowest BCUT2D eigenvalue weighted by molar-refractivity contribution is -0.140. The number of esters is 1. The monoisotopic (exact) mass is 378 g/mol. The topological polar surface area (TPSA) is 26.3 Å². The third-order valence-electron chi connectivity index (χ3n) is 5.76. The fourth-order valence-corrected chi connectivity index (χ4v) is 3.55. The highest BCUT2D eigenvalue weighted by Gasteiger charge is 2.08. The van der Waals surface area contributed by atoms with E-state index in [1.807, 2.05) is 0 Å². The molecule has 0 rings (SSSR count). The van der Waals surface area contributed by atoms with Crippen LogP contribution in [0.3, 0.4) is 0 Å². The minimum atomic E-state index is -0.0775. The van der Waals surface area contributed by atoms with E-state index in [0.29, 0.717) is 12.3 Å². The highest BCUT2D eigenvalue weighted by atomic mass is 16.5. The Bertz CT molecular complexity index is 409. The predicted molar refractivity (Wildman–Crippen MR) is 119 cm³/mol. The van der Waals surface area contributed by atoms with Gasteiger partial charge in [-0.3, -0.25) is 4.79 Å². The number of rotatable bonds is 18. The summed E-state index contributed by atoms with van der Waals surface area (Å²) in [5.41, 5.74) is 3.24. The Morgan fingerprint density at radius 3 is 1.74 bits per heavy atom. The molecule has 1 unspecified atom stereocenters. The van der Waals surface area contributed by atoms with Gasteiger partial charge >= 0.3 is 5.97 Å². The molecule has 0 saturated carbocycles. The normalized spacial score (nSPS) is 13.2. The Labute approximate surface area is 169 Å². The molecule has 2 heteroatoms. The maximum Gasteiger partial charge on any atom is 0.305 e. The average molecular weight is 379 g/mol. The zero-order valence-corrected chi connectivity index (χ0v) is 18.8. The Hall–Kier alpha value is -1.05. The predicted octanol–water partition coefficient (Wildman–Crippen LogP) is 8.17. The summed E-state index contributed by atoms with van der Waals surface area (Å²) in [5.74, 6) is 0.421. The van der Waals surface area contributed by atoms with Crippen molar-refractivity contribution in [2.24, 2.45) is 5.92 Å². The first-order chi connectivity index (χ1) is 13.1. The van der Waals surface area contributed by atoms with Gasteiger partial charge in [-0.2, -0.15) is 0 Å². The minimum absolute atomic E-state index is 0.0775. The van der Waals surface area contributed by atoms with Crippen molar-refractivity contribution in [3.63, 3.8) is 0 Å². The summed E-state index contributed by atoms with van der Waals surface area (Å²) in [6, 6.07) is 0. The first-order valence-corrected chi connectivity index (χ1v) is 11.4. The summed E-state index contributed by atoms with van der Waals surface area (Å²) in [6.07, 6.45) is 20.6. The van der Waals surface area contributed by atoms with Gasteiger partial charge in [-0.15, -0.1) is 6.58 Å². The zero-order chi connectivity index (χ0) is 20.3. The van der Waals surface area contributed by atoms with E-state index in [9.17, 15) is 4.79 Å². The van der Waals surface area contributed by atoms with Crippen molar-refractivity contribution in [2.75, 3.05) is 7.11 Å². The van der Waals surface area contributed by atoms with Crippen LogP contribution in [-0.2, 0) is 9.53 Å². The molecule has 0 radical (unpaired) electrons. The van der Waals surface area contributed by atoms with Crippen LogP contribution in [0.2, 0.25) is 0 Å². The molecule has 27 heavy (non-hydrogen) atoms. The molecule has 0 aromatic rings. The van der Waals surface area contributed by atoms with Crippen LogP contribution < -0.4 is 0 Å². The number of allylic oxidation sites excluding steroid dienone is 3. The van der Waals surface area contributed by atoms with E-state index < -0.39 is 0 Å². The molecule has 0 fully saturated rings. The van der Waals surface area contributed by atoms with Gasteiger partial charge < -0.3 is 4.74 Å². The number of ether oxygens (including phenoxy) is 1. The molecule has 0 heterocycles. The van der Waals surface area contributed by atoms with E-state index in [4.69, 9.17) is 0 Å². The third-order valence-corrected chi connectivity index (χ3v) is 5.76. The number of hydrogen-bond acceptors (Lipinski definition) is 2. The lowest BCUT2D eigenvalue weighted by atomic mass is 9.90. The van der Waals surface area contributed by atoms with Crippen molar-refractivity contribution in [3.05, 3.63) is 23.8 Å². The van der Waals surface area contributed by atoms with Crippen molar-refractivity contribution in [2.45, 2.75) is 117 Å². The van der Waals surface area contributed by atoms with E-state index >= 15 is 0 Å². The highest BCUT2D eigenvalue weighted by Crippen LogP contribution is 2.26. The Balaban J connectivity index is 4.07. The smallest absolute Gasteiger partial charge is 0.305 e. The van der Waals surface area contributed by atoms with Crippen molar-refractivity contribution >= 4 is 5.97 Å². The van der Waals surface area contributed by atoms with Gasteiger partial charge in [0.05, 0.1) is 7.11 Å². The van der Waals surface area contributed by atoms with Crippen molar-refractivity contribution in [3.8, 4) is 0 Å². The molecule has 0 bridgehead atoms. The van der Waals surface area contributed by atoms with Crippen LogP contribution in [0.4, 0.5) is 0 Å². The molecule has 0 saturated heterocycles. The van der Waals surface area contributed by atoms with E-state index in [1.165, 1.54) is 84.2 Å². The van der Waals surface area contributed by atoms with Crippen LogP contribution in [0.15, 0.2) is 23.8 Å². The molecule has 0 aliphatic heterocycles. The molecule has 1 atom stereocenters. The quantitative estimate of drug-likeness (QED) is 0.136. The number of hydrogen-bond donors (Lipinski definition) is 0. The van der Waals surface area contributed by atoms with Gasteiger partial charge in [0.25, 0.3) is 0 Å². The first kappa shape index (κ1) is 26.0. The molecule has 0 N–H and O–H groups in total. The molecule has 0 spiro atoms. The van der Waals surface area contributed by atoms with Crippen LogP contribution >= 0.6 is 0 Å². The van der Waals surface area contributed by atoms with Gasteiger partial charge in [-0.25, -0.2) is 0 Å². The molecule has 0 aliphatic rings. The van der Waals surface area contributed by atoms with E-state index in [1.54, 1.807) is 11.1 Å². The highest BCUT2D eigenvalue weighted by molar-refractivity contribution is 5.68. The van der Waals surface area contributed by atoms with Crippen molar-refractivity contribution < 1.29 is 9.53 Å². The zero-order valence-electron chi connectivity index (χ0n) is 18.8. The second-order valence-corrected chi connectivity index (χ2v) is 8.03. The molecule has 0 amide bonds. The lowest BCUT2D eigenvalue weighted by Gasteiger charge is -2.16. The Kier molecular flexibility index (Phi) is 17.6. The first-order valence-electron chi connectivity index (χ1n) is 11.4. The summed E-state index contributed by atoms with van der Waals surface area (Å²) < 4.78 is 4.68. The molecular formula is C25H46O2.